The Morgan fingerprint density at radius 3 is 1.61 bits per heavy atom. The zero-order valence-electron chi connectivity index (χ0n) is 33.4. The summed E-state index contributed by atoms with van der Waals surface area (Å²) in [5, 5.41) is 13.6. The summed E-state index contributed by atoms with van der Waals surface area (Å²) in [7, 11) is -1.44. The number of hydrogen-bond donors (Lipinski definition) is 0. The fraction of sp³-hybridized carbons (Fsp3) is 0.0545. The number of fused-ring (bicyclic) bond motifs is 11. The predicted octanol–water partition coefficient (Wildman–Crippen LogP) is 15.7. The number of benzene rings is 10. The number of hydrogen-bond acceptors (Lipinski definition) is 3. The summed E-state index contributed by atoms with van der Waals surface area (Å²) in [4.78, 5) is 4.71. The summed E-state index contributed by atoms with van der Waals surface area (Å²) < 4.78 is 6.61. The van der Waals surface area contributed by atoms with E-state index in [0.29, 0.717) is 0 Å². The average molecular weight is 775 g/mol. The largest absolute Gasteiger partial charge is 0.454 e. The quantitative estimate of drug-likeness (QED) is 0.119. The third kappa shape index (κ3) is 5.87. The van der Waals surface area contributed by atoms with Crippen molar-refractivity contribution in [2.24, 2.45) is 0 Å². The van der Waals surface area contributed by atoms with Crippen molar-refractivity contribution in [3.05, 3.63) is 200 Å². The van der Waals surface area contributed by atoms with Crippen LogP contribution >= 0.6 is 0 Å². The maximum Gasteiger partial charge on any atom is 0.159 e. The van der Waals surface area contributed by atoms with Crippen LogP contribution < -0.4 is 15.0 Å². The highest BCUT2D eigenvalue weighted by Gasteiger charge is 2.22. The molecule has 1 aromatic heterocycles. The lowest BCUT2D eigenvalue weighted by atomic mass is 9.90. The molecule has 10 aromatic carbocycles. The SMILES string of the molecule is C[Si](C)(C)c1ccc(N(c2ccccc2)c2ccc3c(ccc4c5ccc(N(c6ccccc6)c6cccc7c6oc6ccccc67)cc5c5ccccc5c34)c2)cc1. The molecule has 0 saturated carbocycles. The van der Waals surface area contributed by atoms with Gasteiger partial charge in [-0.15, -0.1) is 0 Å². The lowest BCUT2D eigenvalue weighted by Gasteiger charge is -2.27. The van der Waals surface area contributed by atoms with E-state index >= 15 is 0 Å². The molecule has 4 heteroatoms. The van der Waals surface area contributed by atoms with Crippen molar-refractivity contribution in [1.82, 2.24) is 0 Å². The summed E-state index contributed by atoms with van der Waals surface area (Å²) in [5.41, 5.74) is 8.36. The van der Waals surface area contributed by atoms with Crippen LogP contribution in [0.5, 0.6) is 0 Å². The minimum Gasteiger partial charge on any atom is -0.454 e. The fourth-order valence-electron chi connectivity index (χ4n) is 9.08. The van der Waals surface area contributed by atoms with E-state index in [2.05, 4.69) is 224 Å². The molecular formula is C55H42N2OSi. The second kappa shape index (κ2) is 13.8. The molecule has 1 heterocycles. The summed E-state index contributed by atoms with van der Waals surface area (Å²) in [5.74, 6) is 0. The van der Waals surface area contributed by atoms with Crippen LogP contribution in [-0.4, -0.2) is 8.07 Å². The zero-order valence-corrected chi connectivity index (χ0v) is 34.4. The highest BCUT2D eigenvalue weighted by atomic mass is 28.3. The van der Waals surface area contributed by atoms with Crippen LogP contribution in [0.15, 0.2) is 205 Å². The van der Waals surface area contributed by atoms with Gasteiger partial charge in [-0.3, -0.25) is 0 Å². The van der Waals surface area contributed by atoms with Gasteiger partial charge in [0.2, 0.25) is 0 Å². The van der Waals surface area contributed by atoms with Crippen molar-refractivity contribution in [3.63, 3.8) is 0 Å². The second-order valence-electron chi connectivity index (χ2n) is 16.6. The minimum atomic E-state index is -1.44. The number of furan rings is 1. The maximum atomic E-state index is 6.61. The molecule has 3 nitrogen and oxygen atoms in total. The molecule has 0 amide bonds. The van der Waals surface area contributed by atoms with Gasteiger partial charge in [-0.2, -0.15) is 0 Å². The Bertz CT molecular complexity index is 3350. The minimum absolute atomic E-state index is 0.876. The number of rotatable bonds is 7. The smallest absolute Gasteiger partial charge is 0.159 e. The first-order valence-corrected chi connectivity index (χ1v) is 23.9. The Labute approximate surface area is 345 Å². The molecular weight excluding hydrogens is 733 g/mol. The van der Waals surface area contributed by atoms with Crippen molar-refractivity contribution >= 4 is 112 Å². The Balaban J connectivity index is 1.09. The molecule has 59 heavy (non-hydrogen) atoms. The summed E-state index contributed by atoms with van der Waals surface area (Å²) in [6.07, 6.45) is 0. The molecule has 0 fully saturated rings. The van der Waals surface area contributed by atoms with Crippen LogP contribution in [-0.2, 0) is 0 Å². The Morgan fingerprint density at radius 2 is 0.881 bits per heavy atom. The van der Waals surface area contributed by atoms with Crippen molar-refractivity contribution in [2.45, 2.75) is 19.6 Å². The average Bonchev–Trinajstić information content (AvgIpc) is 3.67. The first kappa shape index (κ1) is 35.1. The van der Waals surface area contributed by atoms with Crippen LogP contribution in [0.3, 0.4) is 0 Å². The molecule has 0 unspecified atom stereocenters. The van der Waals surface area contributed by atoms with Gasteiger partial charge in [0.1, 0.15) is 5.58 Å². The lowest BCUT2D eigenvalue weighted by molar-refractivity contribution is 0.669. The van der Waals surface area contributed by atoms with Gasteiger partial charge >= 0.3 is 0 Å². The third-order valence-electron chi connectivity index (χ3n) is 11.9. The molecule has 11 rings (SSSR count). The van der Waals surface area contributed by atoms with Gasteiger partial charge in [0.15, 0.2) is 5.58 Å². The topological polar surface area (TPSA) is 19.6 Å². The van der Waals surface area contributed by atoms with Crippen LogP contribution in [0.1, 0.15) is 0 Å². The Morgan fingerprint density at radius 1 is 0.356 bits per heavy atom. The third-order valence-corrected chi connectivity index (χ3v) is 14.0. The lowest BCUT2D eigenvalue weighted by Crippen LogP contribution is -2.37. The fourth-order valence-corrected chi connectivity index (χ4v) is 10.3. The molecule has 0 radical (unpaired) electrons. The van der Waals surface area contributed by atoms with E-state index in [4.69, 9.17) is 4.42 Å². The van der Waals surface area contributed by atoms with E-state index in [1.165, 1.54) is 48.3 Å². The molecule has 0 aliphatic rings. The van der Waals surface area contributed by atoms with E-state index in [1.807, 2.05) is 6.07 Å². The first-order chi connectivity index (χ1) is 28.9. The van der Waals surface area contributed by atoms with Crippen molar-refractivity contribution < 1.29 is 4.42 Å². The molecule has 0 aliphatic carbocycles. The predicted molar refractivity (Wildman–Crippen MR) is 256 cm³/mol. The van der Waals surface area contributed by atoms with Crippen molar-refractivity contribution in [1.29, 1.82) is 0 Å². The van der Waals surface area contributed by atoms with Crippen LogP contribution in [0.25, 0.3) is 65.0 Å². The Kier molecular flexibility index (Phi) is 8.17. The molecule has 0 bridgehead atoms. The van der Waals surface area contributed by atoms with Crippen LogP contribution in [0.4, 0.5) is 34.1 Å². The normalized spacial score (nSPS) is 12.0. The van der Waals surface area contributed by atoms with Gasteiger partial charge < -0.3 is 14.2 Å². The standard InChI is InChI=1S/C55H42N2OSi/c1-59(2,3)43-30-26-40(27-31-43)56(38-15-6-4-7-16-38)41-28-33-44-37(35-41)25-32-49-46-34-29-42(36-51(46)45-19-10-11-21-48(45)54(44)49)57(39-17-8-5-9-18-39)52-23-14-22-50-47-20-12-13-24-53(47)58-55(50)52/h4-36H,1-3H3. The van der Waals surface area contributed by atoms with Gasteiger partial charge in [-0.05, 0) is 116 Å². The number of nitrogens with zero attached hydrogens (tertiary/aromatic N) is 2. The first-order valence-electron chi connectivity index (χ1n) is 20.4. The van der Waals surface area contributed by atoms with E-state index in [9.17, 15) is 0 Å². The van der Waals surface area contributed by atoms with Crippen LogP contribution in [0, 0.1) is 0 Å². The highest BCUT2D eigenvalue weighted by Crippen LogP contribution is 2.46. The molecule has 11 aromatic rings. The maximum absolute atomic E-state index is 6.61. The van der Waals surface area contributed by atoms with E-state index in [-0.39, 0.29) is 0 Å². The van der Waals surface area contributed by atoms with Crippen molar-refractivity contribution in [3.8, 4) is 0 Å². The van der Waals surface area contributed by atoms with Gasteiger partial charge in [0.25, 0.3) is 0 Å². The highest BCUT2D eigenvalue weighted by molar-refractivity contribution is 6.88. The van der Waals surface area contributed by atoms with Gasteiger partial charge in [-0.25, -0.2) is 0 Å². The zero-order chi connectivity index (χ0) is 39.7. The molecule has 282 valence electrons. The number of anilines is 6. The van der Waals surface area contributed by atoms with E-state index in [1.54, 1.807) is 0 Å². The molecule has 0 saturated heterocycles. The van der Waals surface area contributed by atoms with E-state index < -0.39 is 8.07 Å². The molecule has 0 atom stereocenters. The van der Waals surface area contributed by atoms with E-state index in [0.717, 1.165) is 56.1 Å². The Hall–Kier alpha value is -7.14. The van der Waals surface area contributed by atoms with Crippen molar-refractivity contribution in [2.75, 3.05) is 9.80 Å². The second-order valence-corrected chi connectivity index (χ2v) is 21.6. The monoisotopic (exact) mass is 774 g/mol. The summed E-state index contributed by atoms with van der Waals surface area (Å²) in [6.45, 7) is 7.21. The molecule has 0 spiro atoms. The van der Waals surface area contributed by atoms with Gasteiger partial charge in [-0.1, -0.05) is 152 Å². The summed E-state index contributed by atoms with van der Waals surface area (Å²) in [6, 6.07) is 72.8. The van der Waals surface area contributed by atoms with Gasteiger partial charge in [0.05, 0.1) is 13.8 Å². The molecule has 0 aliphatic heterocycles. The van der Waals surface area contributed by atoms with Crippen LogP contribution in [0.2, 0.25) is 19.6 Å². The molecule has 0 N–H and O–H groups in total. The summed E-state index contributed by atoms with van der Waals surface area (Å²) >= 11 is 0. The number of para-hydroxylation sites is 4. The van der Waals surface area contributed by atoms with Gasteiger partial charge in [0, 0.05) is 39.2 Å².